The van der Waals surface area contributed by atoms with E-state index in [4.69, 9.17) is 20.9 Å². The Hall–Kier alpha value is -3.46. The predicted octanol–water partition coefficient (Wildman–Crippen LogP) is 2.92. The van der Waals surface area contributed by atoms with Gasteiger partial charge in [0.2, 0.25) is 12.7 Å². The molecule has 3 heterocycles. The van der Waals surface area contributed by atoms with Crippen molar-refractivity contribution in [3.63, 3.8) is 0 Å². The van der Waals surface area contributed by atoms with Crippen molar-refractivity contribution in [1.82, 2.24) is 9.55 Å². The Morgan fingerprint density at radius 2 is 2.04 bits per heavy atom. The number of terminal acetylenes is 1. The molecule has 6 nitrogen and oxygen atoms in total. The minimum absolute atomic E-state index is 0.0105. The molecule has 1 unspecified atom stereocenters. The van der Waals surface area contributed by atoms with E-state index in [0.717, 1.165) is 22.5 Å². The number of para-hydroxylation sites is 2. The van der Waals surface area contributed by atoms with E-state index in [1.54, 1.807) is 4.90 Å². The molecule has 134 valence electrons. The Bertz CT molecular complexity index is 1100. The first-order valence-electron chi connectivity index (χ1n) is 8.83. The van der Waals surface area contributed by atoms with Gasteiger partial charge in [0.1, 0.15) is 5.82 Å². The molecule has 2 aliphatic rings. The van der Waals surface area contributed by atoms with Crippen LogP contribution in [0.15, 0.2) is 42.5 Å². The first kappa shape index (κ1) is 15.8. The normalized spacial score (nSPS) is 18.3. The standard InChI is InChI=1S/C21H17N3O3/c1-2-9-23-17-6-4-3-5-16(17)22-21(23)14-10-20(25)24(12-14)15-7-8-18-19(11-15)27-13-26-18/h1,3-8,11,14H,9-10,12-13H2. The quantitative estimate of drug-likeness (QED) is 0.675. The third-order valence-electron chi connectivity index (χ3n) is 5.09. The van der Waals surface area contributed by atoms with Gasteiger partial charge in [-0.2, -0.15) is 0 Å². The van der Waals surface area contributed by atoms with E-state index in [0.29, 0.717) is 31.0 Å². The Labute approximate surface area is 156 Å². The summed E-state index contributed by atoms with van der Waals surface area (Å²) in [5.41, 5.74) is 2.71. The number of anilines is 1. The highest BCUT2D eigenvalue weighted by Gasteiger charge is 2.35. The highest BCUT2D eigenvalue weighted by molar-refractivity contribution is 5.97. The summed E-state index contributed by atoms with van der Waals surface area (Å²) in [4.78, 5) is 19.3. The topological polar surface area (TPSA) is 56.6 Å². The Morgan fingerprint density at radius 1 is 1.19 bits per heavy atom. The van der Waals surface area contributed by atoms with Crippen molar-refractivity contribution in [1.29, 1.82) is 0 Å². The van der Waals surface area contributed by atoms with Crippen molar-refractivity contribution < 1.29 is 14.3 Å². The number of nitrogens with zero attached hydrogens (tertiary/aromatic N) is 3. The second-order valence-corrected chi connectivity index (χ2v) is 6.69. The second kappa shape index (κ2) is 6.06. The number of amides is 1. The van der Waals surface area contributed by atoms with Gasteiger partial charge >= 0.3 is 0 Å². The molecule has 1 atom stereocenters. The molecule has 27 heavy (non-hydrogen) atoms. The van der Waals surface area contributed by atoms with E-state index >= 15 is 0 Å². The lowest BCUT2D eigenvalue weighted by molar-refractivity contribution is -0.117. The third-order valence-corrected chi connectivity index (χ3v) is 5.09. The average molecular weight is 359 g/mol. The van der Waals surface area contributed by atoms with Gasteiger partial charge in [0.25, 0.3) is 0 Å². The van der Waals surface area contributed by atoms with E-state index in [2.05, 4.69) is 5.92 Å². The van der Waals surface area contributed by atoms with Gasteiger partial charge in [-0.3, -0.25) is 4.79 Å². The zero-order valence-corrected chi connectivity index (χ0v) is 14.6. The van der Waals surface area contributed by atoms with Gasteiger partial charge in [-0.1, -0.05) is 18.1 Å². The monoisotopic (exact) mass is 359 g/mol. The number of imidazole rings is 1. The van der Waals surface area contributed by atoms with E-state index in [-0.39, 0.29) is 18.6 Å². The maximum Gasteiger partial charge on any atom is 0.231 e. The van der Waals surface area contributed by atoms with E-state index < -0.39 is 0 Å². The van der Waals surface area contributed by atoms with Gasteiger partial charge in [0.05, 0.1) is 17.6 Å². The summed E-state index contributed by atoms with van der Waals surface area (Å²) in [6.07, 6.45) is 5.98. The number of carbonyl (C=O) groups excluding carboxylic acids is 1. The lowest BCUT2D eigenvalue weighted by atomic mass is 10.1. The average Bonchev–Trinajstić information content (AvgIpc) is 3.38. The minimum Gasteiger partial charge on any atom is -0.454 e. The summed E-state index contributed by atoms with van der Waals surface area (Å²) in [6.45, 7) is 1.21. The van der Waals surface area contributed by atoms with Crippen LogP contribution in [0.5, 0.6) is 11.5 Å². The van der Waals surface area contributed by atoms with Gasteiger partial charge in [-0.05, 0) is 24.3 Å². The Morgan fingerprint density at radius 3 is 2.93 bits per heavy atom. The first-order chi connectivity index (χ1) is 13.2. The number of hydrogen-bond donors (Lipinski definition) is 0. The maximum atomic E-state index is 12.7. The fourth-order valence-electron chi connectivity index (χ4n) is 3.85. The number of rotatable bonds is 3. The molecule has 2 aromatic carbocycles. The van der Waals surface area contributed by atoms with Crippen LogP contribution >= 0.6 is 0 Å². The molecular formula is C21H17N3O3. The number of carbonyl (C=O) groups is 1. The van der Waals surface area contributed by atoms with E-state index in [9.17, 15) is 4.79 Å². The highest BCUT2D eigenvalue weighted by Crippen LogP contribution is 2.39. The maximum absolute atomic E-state index is 12.7. The fourth-order valence-corrected chi connectivity index (χ4v) is 3.85. The fraction of sp³-hybridized carbons (Fsp3) is 0.238. The molecule has 0 aliphatic carbocycles. The molecule has 1 saturated heterocycles. The molecule has 1 aromatic heterocycles. The molecule has 6 heteroatoms. The zero-order chi connectivity index (χ0) is 18.4. The van der Waals surface area contributed by atoms with Crippen molar-refractivity contribution in [2.75, 3.05) is 18.2 Å². The number of benzene rings is 2. The summed E-state index contributed by atoms with van der Waals surface area (Å²) in [5.74, 6) is 5.00. The molecule has 1 fully saturated rings. The van der Waals surface area contributed by atoms with Gasteiger partial charge in [0.15, 0.2) is 11.5 Å². The molecule has 1 amide bonds. The van der Waals surface area contributed by atoms with Gasteiger partial charge in [0, 0.05) is 30.6 Å². The third kappa shape index (κ3) is 2.51. The van der Waals surface area contributed by atoms with Crippen LogP contribution in [0.3, 0.4) is 0 Å². The minimum atomic E-state index is -0.0105. The van der Waals surface area contributed by atoms with Crippen molar-refractivity contribution in [2.45, 2.75) is 18.9 Å². The van der Waals surface area contributed by atoms with E-state index in [1.807, 2.05) is 47.0 Å². The Balaban J connectivity index is 1.50. The SMILES string of the molecule is C#CCn1c(C2CC(=O)N(c3ccc4c(c3)OCO4)C2)nc2ccccc21. The highest BCUT2D eigenvalue weighted by atomic mass is 16.7. The summed E-state index contributed by atoms with van der Waals surface area (Å²) >= 11 is 0. The lowest BCUT2D eigenvalue weighted by Crippen LogP contribution is -2.24. The Kier molecular flexibility index (Phi) is 3.54. The number of fused-ring (bicyclic) bond motifs is 2. The van der Waals surface area contributed by atoms with Crippen LogP contribution in [0.1, 0.15) is 18.2 Å². The molecule has 0 spiro atoms. The van der Waals surface area contributed by atoms with E-state index in [1.165, 1.54) is 0 Å². The number of aromatic nitrogens is 2. The smallest absolute Gasteiger partial charge is 0.231 e. The van der Waals surface area contributed by atoms with Crippen LogP contribution in [0.4, 0.5) is 5.69 Å². The molecular weight excluding hydrogens is 342 g/mol. The molecule has 0 saturated carbocycles. The molecule has 0 N–H and O–H groups in total. The summed E-state index contributed by atoms with van der Waals surface area (Å²) in [6, 6.07) is 13.5. The molecule has 5 rings (SSSR count). The van der Waals surface area contributed by atoms with Gasteiger partial charge < -0.3 is 18.9 Å². The van der Waals surface area contributed by atoms with Crippen LogP contribution < -0.4 is 14.4 Å². The lowest BCUT2D eigenvalue weighted by Gasteiger charge is -2.17. The van der Waals surface area contributed by atoms with Crippen LogP contribution in [0, 0.1) is 12.3 Å². The van der Waals surface area contributed by atoms with Crippen LogP contribution in [-0.2, 0) is 11.3 Å². The van der Waals surface area contributed by atoms with Crippen molar-refractivity contribution in [2.24, 2.45) is 0 Å². The summed E-state index contributed by atoms with van der Waals surface area (Å²) < 4.78 is 12.8. The molecule has 2 aliphatic heterocycles. The molecule has 3 aromatic rings. The summed E-state index contributed by atoms with van der Waals surface area (Å²) in [7, 11) is 0. The first-order valence-corrected chi connectivity index (χ1v) is 8.83. The molecule has 0 bridgehead atoms. The van der Waals surface area contributed by atoms with Crippen molar-refractivity contribution >= 4 is 22.6 Å². The number of ether oxygens (including phenoxy) is 2. The molecule has 0 radical (unpaired) electrons. The predicted molar refractivity (Wildman–Crippen MR) is 101 cm³/mol. The van der Waals surface area contributed by atoms with Crippen LogP contribution in [0.25, 0.3) is 11.0 Å². The van der Waals surface area contributed by atoms with Crippen LogP contribution in [0.2, 0.25) is 0 Å². The zero-order valence-electron chi connectivity index (χ0n) is 14.6. The van der Waals surface area contributed by atoms with Crippen molar-refractivity contribution in [3.8, 4) is 23.8 Å². The van der Waals surface area contributed by atoms with Crippen molar-refractivity contribution in [3.05, 3.63) is 48.3 Å². The largest absolute Gasteiger partial charge is 0.454 e. The van der Waals surface area contributed by atoms with Gasteiger partial charge in [-0.15, -0.1) is 6.42 Å². The van der Waals surface area contributed by atoms with Crippen LogP contribution in [-0.4, -0.2) is 28.8 Å². The van der Waals surface area contributed by atoms with Gasteiger partial charge in [-0.25, -0.2) is 4.98 Å². The summed E-state index contributed by atoms with van der Waals surface area (Å²) in [5, 5.41) is 0. The second-order valence-electron chi connectivity index (χ2n) is 6.69. The number of hydrogen-bond acceptors (Lipinski definition) is 4.